The maximum atomic E-state index is 12.6. The van der Waals surface area contributed by atoms with E-state index in [9.17, 15) is 13.2 Å². The highest BCUT2D eigenvalue weighted by Crippen LogP contribution is 2.32. The fourth-order valence-corrected chi connectivity index (χ4v) is 1.98. The summed E-state index contributed by atoms with van der Waals surface area (Å²) in [5, 5.41) is 0.557. The molecule has 0 saturated heterocycles. The van der Waals surface area contributed by atoms with Gasteiger partial charge < -0.3 is 4.74 Å². The van der Waals surface area contributed by atoms with E-state index in [1.165, 1.54) is 12.1 Å². The van der Waals surface area contributed by atoms with Crippen molar-refractivity contribution in [3.63, 3.8) is 0 Å². The number of hydrogen-bond acceptors (Lipinski definition) is 1. The van der Waals surface area contributed by atoms with E-state index in [2.05, 4.69) is 0 Å². The van der Waals surface area contributed by atoms with Crippen LogP contribution in [0.5, 0.6) is 5.75 Å². The van der Waals surface area contributed by atoms with Gasteiger partial charge in [-0.15, -0.1) is 0 Å². The monoisotopic (exact) mass is 300 g/mol. The lowest BCUT2D eigenvalue weighted by atomic mass is 10.1. The maximum Gasteiger partial charge on any atom is 0.416 e. The molecule has 0 N–H and O–H groups in total. The molecule has 2 rings (SSSR count). The van der Waals surface area contributed by atoms with Crippen molar-refractivity contribution in [1.82, 2.24) is 0 Å². The molecule has 0 aliphatic rings. The predicted octanol–water partition coefficient (Wildman–Crippen LogP) is 5.50. The lowest BCUT2D eigenvalue weighted by Gasteiger charge is -2.16. The van der Waals surface area contributed by atoms with Gasteiger partial charge in [0.2, 0.25) is 0 Å². The number of ether oxygens (including phenoxy) is 1. The van der Waals surface area contributed by atoms with Crippen LogP contribution in [-0.4, -0.2) is 0 Å². The zero-order chi connectivity index (χ0) is 14.8. The van der Waals surface area contributed by atoms with Crippen LogP contribution in [0.1, 0.15) is 24.2 Å². The van der Waals surface area contributed by atoms with Gasteiger partial charge in [-0.25, -0.2) is 0 Å². The first kappa shape index (κ1) is 14.7. The molecule has 0 saturated carbocycles. The van der Waals surface area contributed by atoms with Crippen molar-refractivity contribution in [1.29, 1.82) is 0 Å². The largest absolute Gasteiger partial charge is 0.486 e. The molecule has 1 unspecified atom stereocenters. The maximum absolute atomic E-state index is 12.6. The third-order valence-corrected chi connectivity index (χ3v) is 3.03. The summed E-state index contributed by atoms with van der Waals surface area (Å²) in [7, 11) is 0. The van der Waals surface area contributed by atoms with Gasteiger partial charge in [0.15, 0.2) is 0 Å². The standard InChI is InChI=1S/C15H12ClF3O/c1-10(11-4-2-6-13(16)8-11)20-14-7-3-5-12(9-14)15(17,18)19/h2-10H,1H3. The summed E-state index contributed by atoms with van der Waals surface area (Å²) in [5.41, 5.74) is 0.0724. The van der Waals surface area contributed by atoms with Gasteiger partial charge in [0.1, 0.15) is 11.9 Å². The van der Waals surface area contributed by atoms with Crippen molar-refractivity contribution in [2.45, 2.75) is 19.2 Å². The topological polar surface area (TPSA) is 9.23 Å². The van der Waals surface area contributed by atoms with Gasteiger partial charge in [-0.3, -0.25) is 0 Å². The molecular weight excluding hydrogens is 289 g/mol. The Hall–Kier alpha value is -1.68. The molecule has 0 spiro atoms. The highest BCUT2D eigenvalue weighted by Gasteiger charge is 2.30. The van der Waals surface area contributed by atoms with E-state index < -0.39 is 17.8 Å². The fraction of sp³-hybridized carbons (Fsp3) is 0.200. The molecule has 20 heavy (non-hydrogen) atoms. The van der Waals surface area contributed by atoms with Crippen molar-refractivity contribution in [2.75, 3.05) is 0 Å². The Labute approximate surface area is 119 Å². The summed E-state index contributed by atoms with van der Waals surface area (Å²) in [6.07, 6.45) is -4.77. The SMILES string of the molecule is CC(Oc1cccc(C(F)(F)F)c1)c1cccc(Cl)c1. The summed E-state index contributed by atoms with van der Waals surface area (Å²) < 4.78 is 43.4. The molecule has 1 nitrogen and oxygen atoms in total. The average molecular weight is 301 g/mol. The van der Waals surface area contributed by atoms with Gasteiger partial charge in [-0.2, -0.15) is 13.2 Å². The van der Waals surface area contributed by atoms with Crippen LogP contribution in [0.2, 0.25) is 5.02 Å². The van der Waals surface area contributed by atoms with Crippen LogP contribution < -0.4 is 4.74 Å². The lowest BCUT2D eigenvalue weighted by Crippen LogP contribution is -2.07. The molecule has 0 aromatic heterocycles. The minimum absolute atomic E-state index is 0.173. The normalized spacial score (nSPS) is 13.1. The van der Waals surface area contributed by atoms with E-state index in [1.807, 2.05) is 6.07 Å². The Bertz CT molecular complexity index is 596. The van der Waals surface area contributed by atoms with Crippen molar-refractivity contribution in [3.8, 4) is 5.75 Å². The molecule has 0 fully saturated rings. The molecule has 0 bridgehead atoms. The van der Waals surface area contributed by atoms with Crippen LogP contribution in [0.3, 0.4) is 0 Å². The van der Waals surface area contributed by atoms with Crippen LogP contribution in [-0.2, 0) is 6.18 Å². The first-order valence-corrected chi connectivity index (χ1v) is 6.33. The Morgan fingerprint density at radius 2 is 1.75 bits per heavy atom. The Morgan fingerprint density at radius 1 is 1.05 bits per heavy atom. The van der Waals surface area contributed by atoms with E-state index in [-0.39, 0.29) is 5.75 Å². The van der Waals surface area contributed by atoms with Crippen molar-refractivity contribution in [3.05, 3.63) is 64.7 Å². The molecule has 2 aromatic rings. The summed E-state index contributed by atoms with van der Waals surface area (Å²) >= 11 is 5.87. The molecule has 2 aromatic carbocycles. The second-order valence-electron chi connectivity index (χ2n) is 4.34. The Kier molecular flexibility index (Phi) is 4.23. The Balaban J connectivity index is 2.18. The third-order valence-electron chi connectivity index (χ3n) is 2.79. The van der Waals surface area contributed by atoms with Crippen molar-refractivity contribution in [2.24, 2.45) is 0 Å². The van der Waals surface area contributed by atoms with Crippen LogP contribution in [0.4, 0.5) is 13.2 Å². The molecule has 0 amide bonds. The van der Waals surface area contributed by atoms with Gasteiger partial charge in [0.05, 0.1) is 5.56 Å². The van der Waals surface area contributed by atoms with Crippen LogP contribution in [0, 0.1) is 0 Å². The quantitative estimate of drug-likeness (QED) is 0.727. The molecule has 5 heteroatoms. The summed E-state index contributed by atoms with van der Waals surface area (Å²) in [4.78, 5) is 0. The van der Waals surface area contributed by atoms with Crippen molar-refractivity contribution < 1.29 is 17.9 Å². The van der Waals surface area contributed by atoms with E-state index in [0.717, 1.165) is 17.7 Å². The number of hydrogen-bond donors (Lipinski definition) is 0. The first-order valence-electron chi connectivity index (χ1n) is 5.95. The number of alkyl halides is 3. The van der Waals surface area contributed by atoms with E-state index in [0.29, 0.717) is 5.02 Å². The minimum atomic E-state index is -4.38. The molecule has 0 radical (unpaired) electrons. The van der Waals surface area contributed by atoms with Crippen molar-refractivity contribution >= 4 is 11.6 Å². The second-order valence-corrected chi connectivity index (χ2v) is 4.78. The average Bonchev–Trinajstić information content (AvgIpc) is 2.38. The van der Waals surface area contributed by atoms with E-state index in [1.54, 1.807) is 25.1 Å². The summed E-state index contributed by atoms with van der Waals surface area (Å²) in [6, 6.07) is 11.8. The summed E-state index contributed by atoms with van der Waals surface area (Å²) in [6.45, 7) is 1.76. The molecular formula is C15H12ClF3O. The fourth-order valence-electron chi connectivity index (χ4n) is 1.78. The van der Waals surface area contributed by atoms with Crippen LogP contribution in [0.15, 0.2) is 48.5 Å². The number of rotatable bonds is 3. The highest BCUT2D eigenvalue weighted by molar-refractivity contribution is 6.30. The zero-order valence-corrected chi connectivity index (χ0v) is 11.4. The first-order chi connectivity index (χ1) is 9.36. The van der Waals surface area contributed by atoms with Gasteiger partial charge in [0, 0.05) is 5.02 Å². The van der Waals surface area contributed by atoms with Gasteiger partial charge in [0.25, 0.3) is 0 Å². The lowest BCUT2D eigenvalue weighted by molar-refractivity contribution is -0.137. The molecule has 106 valence electrons. The van der Waals surface area contributed by atoms with E-state index >= 15 is 0 Å². The second kappa shape index (κ2) is 5.75. The molecule has 0 heterocycles. The summed E-state index contributed by atoms with van der Waals surface area (Å²) in [5.74, 6) is 0.173. The highest BCUT2D eigenvalue weighted by atomic mass is 35.5. The number of benzene rings is 2. The Morgan fingerprint density at radius 3 is 2.40 bits per heavy atom. The predicted molar refractivity (Wildman–Crippen MR) is 71.9 cm³/mol. The number of halogens is 4. The molecule has 1 atom stereocenters. The van der Waals surface area contributed by atoms with E-state index in [4.69, 9.17) is 16.3 Å². The molecule has 0 aliphatic carbocycles. The third kappa shape index (κ3) is 3.67. The van der Waals surface area contributed by atoms with Crippen LogP contribution in [0.25, 0.3) is 0 Å². The van der Waals surface area contributed by atoms with Gasteiger partial charge in [-0.05, 0) is 42.8 Å². The van der Waals surface area contributed by atoms with Gasteiger partial charge in [-0.1, -0.05) is 29.8 Å². The zero-order valence-electron chi connectivity index (χ0n) is 10.6. The van der Waals surface area contributed by atoms with Gasteiger partial charge >= 0.3 is 6.18 Å². The molecule has 0 aliphatic heterocycles. The minimum Gasteiger partial charge on any atom is -0.486 e. The smallest absolute Gasteiger partial charge is 0.416 e. The van der Waals surface area contributed by atoms with Crippen LogP contribution >= 0.6 is 11.6 Å².